The number of benzene rings is 2. The molecule has 0 radical (unpaired) electrons. The molecule has 1 amide bonds. The van der Waals surface area contributed by atoms with Gasteiger partial charge in [0, 0.05) is 16.6 Å². The van der Waals surface area contributed by atoms with Crippen LogP contribution in [0, 0.1) is 0 Å². The van der Waals surface area contributed by atoms with Crippen molar-refractivity contribution in [1.29, 1.82) is 0 Å². The molecule has 1 atom stereocenters. The van der Waals surface area contributed by atoms with Gasteiger partial charge in [-0.1, -0.05) is 35.9 Å². The molecule has 1 fully saturated rings. The summed E-state index contributed by atoms with van der Waals surface area (Å²) in [6.07, 6.45) is 1.55. The highest BCUT2D eigenvalue weighted by atomic mass is 35.5. The van der Waals surface area contributed by atoms with E-state index in [0.29, 0.717) is 27.0 Å². The number of methoxy groups -OCH3 is 1. The molecular formula is C21H15ClN2O4S. The van der Waals surface area contributed by atoms with E-state index in [-0.39, 0.29) is 11.3 Å². The molecule has 0 spiro atoms. The maximum Gasteiger partial charge on any atom is 0.301 e. The molecule has 1 N–H and O–H groups in total. The number of hydrogen-bond donors (Lipinski definition) is 1. The minimum Gasteiger partial charge on any atom is -0.507 e. The summed E-state index contributed by atoms with van der Waals surface area (Å²) in [5, 5.41) is 13.7. The quantitative estimate of drug-likeness (QED) is 0.379. The summed E-state index contributed by atoms with van der Waals surface area (Å²) < 4.78 is 5.31. The Labute approximate surface area is 175 Å². The van der Waals surface area contributed by atoms with Gasteiger partial charge in [-0.05, 0) is 29.8 Å². The van der Waals surface area contributed by atoms with Crippen molar-refractivity contribution in [3.05, 3.63) is 81.8 Å². The van der Waals surface area contributed by atoms with Crippen LogP contribution < -0.4 is 9.64 Å². The fraction of sp³-hybridized carbons (Fsp3) is 0.0952. The Morgan fingerprint density at radius 3 is 2.55 bits per heavy atom. The minimum atomic E-state index is -0.844. The van der Waals surface area contributed by atoms with E-state index in [4.69, 9.17) is 16.3 Å². The van der Waals surface area contributed by atoms with Gasteiger partial charge in [-0.25, -0.2) is 4.98 Å². The summed E-state index contributed by atoms with van der Waals surface area (Å²) in [4.78, 5) is 31.4. The third-order valence-electron chi connectivity index (χ3n) is 4.62. The second kappa shape index (κ2) is 7.69. The molecule has 2 heterocycles. The zero-order valence-corrected chi connectivity index (χ0v) is 16.8. The van der Waals surface area contributed by atoms with E-state index in [1.54, 1.807) is 60.1 Å². The first kappa shape index (κ1) is 19.2. The lowest BCUT2D eigenvalue weighted by molar-refractivity contribution is -0.132. The fourth-order valence-corrected chi connectivity index (χ4v) is 4.10. The predicted octanol–water partition coefficient (Wildman–Crippen LogP) is 4.43. The number of nitrogens with zero attached hydrogens (tertiary/aromatic N) is 2. The molecule has 8 heteroatoms. The second-order valence-electron chi connectivity index (χ2n) is 6.24. The van der Waals surface area contributed by atoms with E-state index in [9.17, 15) is 14.7 Å². The molecule has 4 rings (SSSR count). The number of thiazole rings is 1. The van der Waals surface area contributed by atoms with Crippen LogP contribution in [0.1, 0.15) is 17.2 Å². The molecule has 0 saturated carbocycles. The smallest absolute Gasteiger partial charge is 0.301 e. The number of carbonyl (C=O) groups is 2. The number of hydrogen-bond acceptors (Lipinski definition) is 6. The lowest BCUT2D eigenvalue weighted by atomic mass is 9.95. The van der Waals surface area contributed by atoms with Crippen LogP contribution in [0.5, 0.6) is 5.75 Å². The highest BCUT2D eigenvalue weighted by Gasteiger charge is 2.48. The SMILES string of the molecule is COc1ccccc1/C(O)=C1/C(=O)C(=O)N(c2nccs2)C1c1ccc(Cl)cc1. The second-order valence-corrected chi connectivity index (χ2v) is 7.55. The van der Waals surface area contributed by atoms with Gasteiger partial charge < -0.3 is 9.84 Å². The van der Waals surface area contributed by atoms with Crippen LogP contribution in [0.25, 0.3) is 5.76 Å². The van der Waals surface area contributed by atoms with Crippen molar-refractivity contribution in [1.82, 2.24) is 4.98 Å². The Hall–Kier alpha value is -3.16. The largest absolute Gasteiger partial charge is 0.507 e. The molecule has 1 aliphatic rings. The molecule has 6 nitrogen and oxygen atoms in total. The number of aliphatic hydroxyl groups excluding tert-OH is 1. The van der Waals surface area contributed by atoms with Crippen molar-refractivity contribution in [3.63, 3.8) is 0 Å². The van der Waals surface area contributed by atoms with Gasteiger partial charge in [-0.2, -0.15) is 0 Å². The van der Waals surface area contributed by atoms with Gasteiger partial charge in [-0.3, -0.25) is 14.5 Å². The third-order valence-corrected chi connectivity index (χ3v) is 5.64. The number of para-hydroxylation sites is 1. The number of ketones is 1. The number of aliphatic hydroxyl groups is 1. The number of Topliss-reactive ketones (excluding diaryl/α,β-unsaturated/α-hetero) is 1. The van der Waals surface area contributed by atoms with Crippen LogP contribution in [0.4, 0.5) is 5.13 Å². The van der Waals surface area contributed by atoms with Crippen molar-refractivity contribution in [2.45, 2.75) is 6.04 Å². The van der Waals surface area contributed by atoms with Crippen molar-refractivity contribution >= 4 is 45.5 Å². The average Bonchev–Trinajstić information content (AvgIpc) is 3.35. The summed E-state index contributed by atoms with van der Waals surface area (Å²) in [7, 11) is 1.47. The molecule has 1 aliphatic heterocycles. The van der Waals surface area contributed by atoms with E-state index in [1.165, 1.54) is 23.3 Å². The van der Waals surface area contributed by atoms with Gasteiger partial charge in [0.25, 0.3) is 5.78 Å². The van der Waals surface area contributed by atoms with Crippen LogP contribution in [0.15, 0.2) is 65.7 Å². The molecule has 3 aromatic rings. The molecule has 29 heavy (non-hydrogen) atoms. The zero-order chi connectivity index (χ0) is 20.5. The van der Waals surface area contributed by atoms with Gasteiger partial charge in [-0.15, -0.1) is 11.3 Å². The molecule has 0 bridgehead atoms. The normalized spacial score (nSPS) is 18.3. The standard InChI is InChI=1S/C21H15ClN2O4S/c1-28-15-5-3-2-4-14(15)18(25)16-17(12-6-8-13(22)9-7-12)24(20(27)19(16)26)21-23-10-11-29-21/h2-11,17,25H,1H3/b18-16-. The highest BCUT2D eigenvalue weighted by molar-refractivity contribution is 7.14. The maximum atomic E-state index is 13.0. The monoisotopic (exact) mass is 426 g/mol. The zero-order valence-electron chi connectivity index (χ0n) is 15.2. The third kappa shape index (κ3) is 3.28. The fourth-order valence-electron chi connectivity index (χ4n) is 3.31. The van der Waals surface area contributed by atoms with E-state index < -0.39 is 17.7 Å². The van der Waals surface area contributed by atoms with Gasteiger partial charge in [0.2, 0.25) is 0 Å². The number of rotatable bonds is 4. The first-order valence-corrected chi connectivity index (χ1v) is 9.88. The van der Waals surface area contributed by atoms with Crippen molar-refractivity contribution in [2.75, 3.05) is 12.0 Å². The van der Waals surface area contributed by atoms with Gasteiger partial charge in [0.1, 0.15) is 11.5 Å². The van der Waals surface area contributed by atoms with Crippen LogP contribution in [0.3, 0.4) is 0 Å². The topological polar surface area (TPSA) is 79.7 Å². The number of anilines is 1. The molecular weight excluding hydrogens is 412 g/mol. The highest BCUT2D eigenvalue weighted by Crippen LogP contribution is 2.43. The number of amides is 1. The van der Waals surface area contributed by atoms with Crippen LogP contribution in [-0.2, 0) is 9.59 Å². The van der Waals surface area contributed by atoms with Crippen molar-refractivity contribution < 1.29 is 19.4 Å². The van der Waals surface area contributed by atoms with E-state index in [2.05, 4.69) is 4.98 Å². The Balaban J connectivity index is 1.96. The first-order chi connectivity index (χ1) is 14.0. The minimum absolute atomic E-state index is 0.0305. The molecule has 2 aromatic carbocycles. The molecule has 1 aromatic heterocycles. The van der Waals surface area contributed by atoms with Gasteiger partial charge >= 0.3 is 5.91 Å². The molecule has 1 saturated heterocycles. The number of ether oxygens (including phenoxy) is 1. The van der Waals surface area contributed by atoms with E-state index in [1.807, 2.05) is 0 Å². The molecule has 146 valence electrons. The molecule has 0 aliphatic carbocycles. The van der Waals surface area contributed by atoms with Crippen LogP contribution in [-0.4, -0.2) is 28.9 Å². The molecule has 1 unspecified atom stereocenters. The van der Waals surface area contributed by atoms with Gasteiger partial charge in [0.15, 0.2) is 5.13 Å². The summed E-state index contributed by atoms with van der Waals surface area (Å²) in [5.74, 6) is -1.46. The lowest BCUT2D eigenvalue weighted by Gasteiger charge is -2.23. The Kier molecular flexibility index (Phi) is 5.08. The Morgan fingerprint density at radius 1 is 1.17 bits per heavy atom. The number of aromatic nitrogens is 1. The summed E-state index contributed by atoms with van der Waals surface area (Å²) in [5.41, 5.74) is 0.920. The number of halogens is 1. The Bertz CT molecular complexity index is 1110. The first-order valence-electron chi connectivity index (χ1n) is 8.62. The summed E-state index contributed by atoms with van der Waals surface area (Å²) >= 11 is 7.24. The van der Waals surface area contributed by atoms with Crippen LogP contribution >= 0.6 is 22.9 Å². The summed E-state index contributed by atoms with van der Waals surface area (Å²) in [6.45, 7) is 0. The van der Waals surface area contributed by atoms with Gasteiger partial charge in [0.05, 0.1) is 24.3 Å². The lowest BCUT2D eigenvalue weighted by Crippen LogP contribution is -2.29. The van der Waals surface area contributed by atoms with Crippen LogP contribution in [0.2, 0.25) is 5.02 Å². The predicted molar refractivity (Wildman–Crippen MR) is 111 cm³/mol. The Morgan fingerprint density at radius 2 is 1.90 bits per heavy atom. The maximum absolute atomic E-state index is 13.0. The van der Waals surface area contributed by atoms with Crippen molar-refractivity contribution in [2.24, 2.45) is 0 Å². The van der Waals surface area contributed by atoms with E-state index >= 15 is 0 Å². The van der Waals surface area contributed by atoms with E-state index in [0.717, 1.165) is 0 Å². The average molecular weight is 427 g/mol. The van der Waals surface area contributed by atoms with Crippen molar-refractivity contribution in [3.8, 4) is 5.75 Å². The summed E-state index contributed by atoms with van der Waals surface area (Å²) in [6, 6.07) is 12.7. The number of carbonyl (C=O) groups excluding carboxylic acids is 2.